The number of carbonyl (C=O) groups excluding carboxylic acids is 1. The lowest BCUT2D eigenvalue weighted by molar-refractivity contribution is -0.0980. The van der Waals surface area contributed by atoms with Crippen molar-refractivity contribution >= 4 is 12.6 Å². The molecule has 1 heterocycles. The number of amidine groups is 1. The number of allylic oxidation sites excluding steroid dienone is 10. The molecule has 2 atom stereocenters. The average molecular weight is 673 g/mol. The number of ether oxygens (including phenoxy) is 1. The molecule has 0 radical (unpaired) electrons. The van der Waals surface area contributed by atoms with E-state index in [1.54, 1.807) is 23.8 Å². The van der Waals surface area contributed by atoms with E-state index >= 15 is 4.39 Å². The zero-order valence-corrected chi connectivity index (χ0v) is 30.3. The quantitative estimate of drug-likeness (QED) is 0.149. The van der Waals surface area contributed by atoms with Crippen molar-refractivity contribution in [1.82, 2.24) is 15.0 Å². The van der Waals surface area contributed by atoms with Gasteiger partial charge in [-0.05, 0) is 74.1 Å². The molecule has 8 nitrogen and oxygen atoms in total. The minimum absolute atomic E-state index is 0.0674. The van der Waals surface area contributed by atoms with E-state index in [1.165, 1.54) is 7.11 Å². The number of benzene rings is 1. The molecule has 9 heteroatoms. The van der Waals surface area contributed by atoms with Crippen molar-refractivity contribution in [3.05, 3.63) is 129 Å². The maximum Gasteiger partial charge on any atom is 0.257 e. The van der Waals surface area contributed by atoms with Gasteiger partial charge in [0.1, 0.15) is 30.4 Å². The van der Waals surface area contributed by atoms with Gasteiger partial charge in [0.25, 0.3) is 5.56 Å². The zero-order chi connectivity index (χ0) is 36.3. The lowest BCUT2D eigenvalue weighted by Gasteiger charge is -2.23. The lowest BCUT2D eigenvalue weighted by Crippen LogP contribution is -2.31. The Morgan fingerprint density at radius 2 is 1.84 bits per heavy atom. The molecule has 2 unspecified atom stereocenters. The molecule has 0 aliphatic heterocycles. The van der Waals surface area contributed by atoms with Crippen LogP contribution in [0.4, 0.5) is 4.39 Å². The highest BCUT2D eigenvalue weighted by Gasteiger charge is 2.26. The van der Waals surface area contributed by atoms with Gasteiger partial charge in [0, 0.05) is 31.1 Å². The monoisotopic (exact) mass is 672 g/mol. The van der Waals surface area contributed by atoms with Crippen LogP contribution in [0.1, 0.15) is 70.1 Å². The summed E-state index contributed by atoms with van der Waals surface area (Å²) in [5.74, 6) is 1.79. The number of nitrogens with one attached hydrogen (secondary N) is 1. The van der Waals surface area contributed by atoms with E-state index in [-0.39, 0.29) is 17.6 Å². The third-order valence-electron chi connectivity index (χ3n) is 7.73. The first-order valence-corrected chi connectivity index (χ1v) is 16.9. The molecule has 2 aromatic rings. The molecule has 1 aromatic heterocycles. The van der Waals surface area contributed by atoms with Crippen LogP contribution >= 0.6 is 0 Å². The fraction of sp³-hybridized carbons (Fsp3) is 0.400. The number of nitrogens with zero attached hydrogens (tertiary/aromatic N) is 3. The molecule has 0 saturated carbocycles. The molecule has 49 heavy (non-hydrogen) atoms. The second-order valence-corrected chi connectivity index (χ2v) is 11.4. The van der Waals surface area contributed by atoms with Gasteiger partial charge in [-0.25, -0.2) is 9.37 Å². The summed E-state index contributed by atoms with van der Waals surface area (Å²) in [5, 5.41) is 0. The molecule has 264 valence electrons. The highest BCUT2D eigenvalue weighted by molar-refractivity contribution is 5.89. The van der Waals surface area contributed by atoms with Gasteiger partial charge >= 0.3 is 0 Å². The van der Waals surface area contributed by atoms with Crippen LogP contribution in [0, 0.1) is 12.8 Å². The standard InChI is InChI=1S/C37H45FN4O3.C2H6.CH2O/c1-7-12-35-40-26(4)33(23-27-15-19-29(20-16-27)45-25(2)3)37(43)42(35)24-28-17-21-31(34(38)22-18-28)30-13-10-8-9-11-14-32(30)36(39-5)41-44-6;2*1-2/h8-9,11,13-22,25,32,34H,7,10,12,23-24H2,1-6H3,(H,39,41);1-2H3;1H2/b9-8-,14-11?,30-13-;;. The molecule has 2 aliphatic carbocycles. The minimum atomic E-state index is -1.34. The first kappa shape index (κ1) is 40.5. The second kappa shape index (κ2) is 21.4. The molecule has 0 saturated heterocycles. The summed E-state index contributed by atoms with van der Waals surface area (Å²) in [4.78, 5) is 36.4. The Balaban J connectivity index is 0.00000201. The summed E-state index contributed by atoms with van der Waals surface area (Å²) in [6, 6.07) is 7.85. The summed E-state index contributed by atoms with van der Waals surface area (Å²) < 4.78 is 23.4. The zero-order valence-electron chi connectivity index (χ0n) is 30.3. The number of halogens is 1. The number of hydrogen-bond donors (Lipinski definition) is 1. The van der Waals surface area contributed by atoms with Gasteiger partial charge in [0.2, 0.25) is 0 Å². The maximum atomic E-state index is 15.8. The summed E-state index contributed by atoms with van der Waals surface area (Å²) in [6.45, 7) is 14.2. The van der Waals surface area contributed by atoms with Crippen LogP contribution in [0.5, 0.6) is 5.75 Å². The van der Waals surface area contributed by atoms with E-state index in [0.29, 0.717) is 42.8 Å². The SMILES string of the molecule is C=O.CC.CCCc1nc(C)c(Cc2ccc(OC(C)C)cc2)c(=O)n1CC1=CC=C(/C2=C/C/C=C\C=CC2C(=NC)NOC)C(F)C=C1. The molecular formula is C40H53FN4O4. The van der Waals surface area contributed by atoms with Crippen LogP contribution in [0.15, 0.2) is 105 Å². The molecule has 0 fully saturated rings. The van der Waals surface area contributed by atoms with E-state index in [9.17, 15) is 4.79 Å². The number of aliphatic imine (C=N–C) groups is 1. The molecule has 0 bridgehead atoms. The van der Waals surface area contributed by atoms with Crippen LogP contribution in [0.25, 0.3) is 0 Å². The van der Waals surface area contributed by atoms with Gasteiger partial charge in [-0.2, -0.15) is 0 Å². The molecule has 1 aromatic carbocycles. The number of hydroxylamine groups is 1. The summed E-state index contributed by atoms with van der Waals surface area (Å²) in [5.41, 5.74) is 7.35. The highest BCUT2D eigenvalue weighted by Crippen LogP contribution is 2.31. The number of rotatable bonds is 11. The second-order valence-electron chi connectivity index (χ2n) is 11.4. The highest BCUT2D eigenvalue weighted by atomic mass is 19.1. The molecule has 0 amide bonds. The van der Waals surface area contributed by atoms with Gasteiger partial charge in [-0.1, -0.05) is 81.5 Å². The van der Waals surface area contributed by atoms with Crippen LogP contribution in [-0.4, -0.2) is 48.6 Å². The Bertz CT molecular complexity index is 1630. The topological polar surface area (TPSA) is 94.8 Å². The Hall–Kier alpha value is -4.63. The van der Waals surface area contributed by atoms with E-state index in [1.807, 2.05) is 108 Å². The molecule has 2 aliphatic rings. The van der Waals surface area contributed by atoms with Gasteiger partial charge in [0.05, 0.1) is 25.7 Å². The van der Waals surface area contributed by atoms with E-state index in [4.69, 9.17) is 19.4 Å². The first-order chi connectivity index (χ1) is 23.7. The number of aromatic nitrogens is 2. The molecule has 0 spiro atoms. The normalized spacial score (nSPS) is 19.0. The van der Waals surface area contributed by atoms with Crippen molar-refractivity contribution in [1.29, 1.82) is 0 Å². The number of carbonyl (C=O) groups is 1. The van der Waals surface area contributed by atoms with Crippen LogP contribution in [0.2, 0.25) is 0 Å². The number of aryl methyl sites for hydroxylation is 2. The minimum Gasteiger partial charge on any atom is -0.491 e. The summed E-state index contributed by atoms with van der Waals surface area (Å²) in [7, 11) is 3.21. The van der Waals surface area contributed by atoms with Crippen molar-refractivity contribution < 1.29 is 18.8 Å². The van der Waals surface area contributed by atoms with Crippen LogP contribution in [-0.2, 0) is 29.0 Å². The molecular weight excluding hydrogens is 619 g/mol. The molecule has 4 rings (SSSR count). The number of hydrogen-bond acceptors (Lipinski definition) is 6. The van der Waals surface area contributed by atoms with E-state index in [0.717, 1.165) is 40.4 Å². The van der Waals surface area contributed by atoms with Gasteiger partial charge in [-0.15, -0.1) is 0 Å². The third-order valence-corrected chi connectivity index (χ3v) is 7.73. The van der Waals surface area contributed by atoms with Gasteiger partial charge in [0.15, 0.2) is 0 Å². The average Bonchev–Trinajstić information content (AvgIpc) is 3.27. The van der Waals surface area contributed by atoms with E-state index in [2.05, 4.69) is 17.4 Å². The van der Waals surface area contributed by atoms with Gasteiger partial charge in [-0.3, -0.25) is 24.7 Å². The fourth-order valence-electron chi connectivity index (χ4n) is 5.55. The Labute approximate surface area is 291 Å². The first-order valence-electron chi connectivity index (χ1n) is 16.9. The van der Waals surface area contributed by atoms with Crippen molar-refractivity contribution in [2.45, 2.75) is 86.0 Å². The summed E-state index contributed by atoms with van der Waals surface area (Å²) in [6.07, 6.45) is 18.4. The third kappa shape index (κ3) is 11.5. The predicted octanol–water partition coefficient (Wildman–Crippen LogP) is 7.72. The Morgan fingerprint density at radius 3 is 2.47 bits per heavy atom. The van der Waals surface area contributed by atoms with Crippen LogP contribution in [0.3, 0.4) is 0 Å². The molecule has 1 N–H and O–H groups in total. The van der Waals surface area contributed by atoms with Crippen molar-refractivity contribution in [2.24, 2.45) is 10.9 Å². The Kier molecular flexibility index (Phi) is 17.7. The van der Waals surface area contributed by atoms with Crippen molar-refractivity contribution in [2.75, 3.05) is 14.2 Å². The Morgan fingerprint density at radius 1 is 1.12 bits per heavy atom. The van der Waals surface area contributed by atoms with Crippen molar-refractivity contribution in [3.8, 4) is 5.75 Å². The maximum absolute atomic E-state index is 15.8. The van der Waals surface area contributed by atoms with Crippen LogP contribution < -0.4 is 15.8 Å². The largest absolute Gasteiger partial charge is 0.491 e. The predicted molar refractivity (Wildman–Crippen MR) is 199 cm³/mol. The number of alkyl halides is 1. The van der Waals surface area contributed by atoms with Crippen molar-refractivity contribution in [3.63, 3.8) is 0 Å². The smallest absolute Gasteiger partial charge is 0.257 e. The summed E-state index contributed by atoms with van der Waals surface area (Å²) >= 11 is 0. The van der Waals surface area contributed by atoms with E-state index < -0.39 is 6.17 Å². The fourth-order valence-corrected chi connectivity index (χ4v) is 5.55. The lowest BCUT2D eigenvalue weighted by atomic mass is 9.86. The van der Waals surface area contributed by atoms with Gasteiger partial charge < -0.3 is 9.53 Å².